The number of anilines is 1. The number of nitrogens with two attached hydrogens (primary N) is 1. The molecule has 1 saturated carbocycles. The van der Waals surface area contributed by atoms with E-state index in [1.165, 1.54) is 6.33 Å². The van der Waals surface area contributed by atoms with Crippen LogP contribution in [0.4, 0.5) is 5.82 Å². The molecule has 3 aromatic rings. The Morgan fingerprint density at radius 2 is 1.94 bits per heavy atom. The van der Waals surface area contributed by atoms with E-state index in [1.54, 1.807) is 0 Å². The molecule has 4 rings (SSSR count). The summed E-state index contributed by atoms with van der Waals surface area (Å²) >= 11 is 0. The van der Waals surface area contributed by atoms with E-state index in [1.807, 2.05) is 30.5 Å². The summed E-state index contributed by atoms with van der Waals surface area (Å²) in [5.41, 5.74) is 9.45. The van der Waals surface area contributed by atoms with Gasteiger partial charge in [-0.25, -0.2) is 23.1 Å². The van der Waals surface area contributed by atoms with E-state index in [4.69, 9.17) is 9.92 Å². The fourth-order valence-corrected chi connectivity index (χ4v) is 4.82. The van der Waals surface area contributed by atoms with Crippen molar-refractivity contribution >= 4 is 37.0 Å². The molecule has 172 valence electrons. The molecule has 3 N–H and O–H groups in total. The normalized spacial score (nSPS) is 19.2. The standard InChI is InChI=1S/C20H25N5O5S2/c1-31(26,27)24-9-13-4-3-5-15(6-13)17-10-25(20-18(17)19(21)22-12-23-20)16-7-14(8-16)11-30-32(2,28)29/h3-6,10,12,14,16,24H,7-9,11H2,1-2H3,(H2,21,22,23). The number of hydrogen-bond acceptors (Lipinski definition) is 8. The van der Waals surface area contributed by atoms with Gasteiger partial charge in [-0.15, -0.1) is 0 Å². The minimum atomic E-state index is -3.45. The Kier molecular flexibility index (Phi) is 5.96. The van der Waals surface area contributed by atoms with Crippen LogP contribution in [0.25, 0.3) is 22.2 Å². The average Bonchev–Trinajstić information content (AvgIpc) is 3.05. The summed E-state index contributed by atoms with van der Waals surface area (Å²) in [7, 11) is -6.76. The first kappa shape index (κ1) is 22.6. The zero-order chi connectivity index (χ0) is 23.1. The second kappa shape index (κ2) is 8.43. The summed E-state index contributed by atoms with van der Waals surface area (Å²) in [5.74, 6) is 0.514. The molecule has 0 radical (unpaired) electrons. The Morgan fingerprint density at radius 3 is 2.62 bits per heavy atom. The summed E-state index contributed by atoms with van der Waals surface area (Å²) in [6.45, 7) is 0.357. The van der Waals surface area contributed by atoms with Gasteiger partial charge in [0, 0.05) is 24.3 Å². The van der Waals surface area contributed by atoms with Crippen molar-refractivity contribution < 1.29 is 21.0 Å². The van der Waals surface area contributed by atoms with Gasteiger partial charge in [-0.1, -0.05) is 18.2 Å². The van der Waals surface area contributed by atoms with Gasteiger partial charge in [0.2, 0.25) is 10.0 Å². The van der Waals surface area contributed by atoms with Crippen LogP contribution < -0.4 is 10.5 Å². The smallest absolute Gasteiger partial charge is 0.264 e. The predicted molar refractivity (Wildman–Crippen MR) is 122 cm³/mol. The molecule has 0 spiro atoms. The molecule has 2 heterocycles. The molecule has 1 aliphatic rings. The van der Waals surface area contributed by atoms with Crippen LogP contribution in [0.2, 0.25) is 0 Å². The number of benzene rings is 1. The molecule has 1 aromatic carbocycles. The van der Waals surface area contributed by atoms with Crippen molar-refractivity contribution in [3.05, 3.63) is 42.4 Å². The van der Waals surface area contributed by atoms with E-state index in [2.05, 4.69) is 19.3 Å². The highest BCUT2D eigenvalue weighted by molar-refractivity contribution is 7.88. The molecule has 0 atom stereocenters. The third-order valence-electron chi connectivity index (χ3n) is 5.54. The Morgan fingerprint density at radius 1 is 1.19 bits per heavy atom. The molecule has 32 heavy (non-hydrogen) atoms. The van der Waals surface area contributed by atoms with Gasteiger partial charge in [0.25, 0.3) is 10.1 Å². The number of hydrogen-bond donors (Lipinski definition) is 2. The monoisotopic (exact) mass is 479 g/mol. The molecule has 0 aliphatic heterocycles. The first-order chi connectivity index (χ1) is 15.0. The van der Waals surface area contributed by atoms with Crippen LogP contribution in [-0.2, 0) is 30.9 Å². The first-order valence-corrected chi connectivity index (χ1v) is 13.7. The maximum Gasteiger partial charge on any atom is 0.264 e. The van der Waals surface area contributed by atoms with Crippen molar-refractivity contribution in [2.24, 2.45) is 5.92 Å². The van der Waals surface area contributed by atoms with Crippen molar-refractivity contribution in [2.75, 3.05) is 24.9 Å². The molecular weight excluding hydrogens is 454 g/mol. The van der Waals surface area contributed by atoms with Gasteiger partial charge in [-0.05, 0) is 36.0 Å². The van der Waals surface area contributed by atoms with Crippen LogP contribution in [0, 0.1) is 5.92 Å². The van der Waals surface area contributed by atoms with Gasteiger partial charge in [0.1, 0.15) is 17.8 Å². The summed E-state index contributed by atoms with van der Waals surface area (Å²) in [6, 6.07) is 7.69. The Hall–Kier alpha value is -2.54. The van der Waals surface area contributed by atoms with E-state index < -0.39 is 20.1 Å². The summed E-state index contributed by atoms with van der Waals surface area (Å²) < 4.78 is 54.8. The van der Waals surface area contributed by atoms with Crippen LogP contribution >= 0.6 is 0 Å². The number of nitrogen functional groups attached to an aromatic ring is 1. The highest BCUT2D eigenvalue weighted by Gasteiger charge is 2.33. The predicted octanol–water partition coefficient (Wildman–Crippen LogP) is 1.66. The van der Waals surface area contributed by atoms with Gasteiger partial charge >= 0.3 is 0 Å². The van der Waals surface area contributed by atoms with E-state index in [0.717, 1.165) is 47.4 Å². The SMILES string of the molecule is CS(=O)(=O)NCc1cccc(-c2cn(C3CC(COS(C)(=O)=O)C3)c3ncnc(N)c23)c1. The van der Waals surface area contributed by atoms with Gasteiger partial charge < -0.3 is 10.3 Å². The molecule has 0 amide bonds. The number of sulfonamides is 1. The lowest BCUT2D eigenvalue weighted by atomic mass is 9.81. The van der Waals surface area contributed by atoms with Crippen LogP contribution in [0.1, 0.15) is 24.4 Å². The lowest BCUT2D eigenvalue weighted by molar-refractivity contribution is 0.131. The molecule has 0 unspecified atom stereocenters. The zero-order valence-electron chi connectivity index (χ0n) is 17.7. The third kappa shape index (κ3) is 5.09. The van der Waals surface area contributed by atoms with Crippen molar-refractivity contribution in [1.29, 1.82) is 0 Å². The quantitative estimate of drug-likeness (QED) is 0.464. The van der Waals surface area contributed by atoms with E-state index in [0.29, 0.717) is 11.5 Å². The van der Waals surface area contributed by atoms with Crippen molar-refractivity contribution in [3.63, 3.8) is 0 Å². The lowest BCUT2D eigenvalue weighted by Gasteiger charge is -2.36. The molecule has 2 aromatic heterocycles. The van der Waals surface area contributed by atoms with Crippen LogP contribution in [0.3, 0.4) is 0 Å². The van der Waals surface area contributed by atoms with Crippen molar-refractivity contribution in [2.45, 2.75) is 25.4 Å². The minimum Gasteiger partial charge on any atom is -0.383 e. The summed E-state index contributed by atoms with van der Waals surface area (Å²) in [4.78, 5) is 8.59. The van der Waals surface area contributed by atoms with Gasteiger partial charge in [0.15, 0.2) is 0 Å². The number of nitrogens with one attached hydrogen (secondary N) is 1. The number of nitrogens with zero attached hydrogens (tertiary/aromatic N) is 3. The maximum absolute atomic E-state index is 11.4. The minimum absolute atomic E-state index is 0.142. The molecule has 0 bridgehead atoms. The summed E-state index contributed by atoms with van der Waals surface area (Å²) in [6.07, 6.45) is 7.11. The van der Waals surface area contributed by atoms with Crippen LogP contribution in [0.5, 0.6) is 0 Å². The highest BCUT2D eigenvalue weighted by atomic mass is 32.2. The third-order valence-corrected chi connectivity index (χ3v) is 6.77. The molecule has 0 saturated heterocycles. The van der Waals surface area contributed by atoms with E-state index in [9.17, 15) is 16.8 Å². The fourth-order valence-electron chi connectivity index (χ4n) is 3.95. The Labute approximate surface area is 187 Å². The molecular formula is C20H25N5O5S2. The number of aromatic nitrogens is 3. The number of fused-ring (bicyclic) bond motifs is 1. The fraction of sp³-hybridized carbons (Fsp3) is 0.400. The van der Waals surface area contributed by atoms with E-state index >= 15 is 0 Å². The summed E-state index contributed by atoms with van der Waals surface area (Å²) in [5, 5.41) is 0.733. The number of rotatable bonds is 8. The van der Waals surface area contributed by atoms with Crippen molar-refractivity contribution in [3.8, 4) is 11.1 Å². The topological polar surface area (TPSA) is 146 Å². The average molecular weight is 480 g/mol. The lowest BCUT2D eigenvalue weighted by Crippen LogP contribution is -2.30. The van der Waals surface area contributed by atoms with Crippen LogP contribution in [0.15, 0.2) is 36.8 Å². The van der Waals surface area contributed by atoms with Gasteiger partial charge in [0.05, 0.1) is 24.5 Å². The maximum atomic E-state index is 11.4. The van der Waals surface area contributed by atoms with Gasteiger partial charge in [-0.3, -0.25) is 4.18 Å². The molecule has 10 nitrogen and oxygen atoms in total. The largest absolute Gasteiger partial charge is 0.383 e. The Balaban J connectivity index is 1.63. The zero-order valence-corrected chi connectivity index (χ0v) is 19.4. The highest BCUT2D eigenvalue weighted by Crippen LogP contribution is 2.43. The van der Waals surface area contributed by atoms with Gasteiger partial charge in [-0.2, -0.15) is 8.42 Å². The van der Waals surface area contributed by atoms with E-state index in [-0.39, 0.29) is 25.1 Å². The van der Waals surface area contributed by atoms with Crippen LogP contribution in [-0.4, -0.2) is 50.5 Å². The molecule has 1 fully saturated rings. The second-order valence-corrected chi connectivity index (χ2v) is 11.7. The molecule has 1 aliphatic carbocycles. The molecule has 12 heteroatoms. The van der Waals surface area contributed by atoms with Crippen molar-refractivity contribution in [1.82, 2.24) is 19.3 Å². The second-order valence-electron chi connectivity index (χ2n) is 8.18. The first-order valence-electron chi connectivity index (χ1n) is 9.99. The Bertz CT molecular complexity index is 1360.